The predicted molar refractivity (Wildman–Crippen MR) is 180 cm³/mol. The molecule has 2 aromatic heterocycles. The van der Waals surface area contributed by atoms with E-state index in [4.69, 9.17) is 0 Å². The monoisotopic (exact) mass is 568 g/mol. The number of hydrogen-bond acceptors (Lipinski definition) is 0. The minimum absolute atomic E-state index is 0.0538. The maximum absolute atomic E-state index is 3.95. The molecule has 0 aliphatic heterocycles. The summed E-state index contributed by atoms with van der Waals surface area (Å²) < 4.78 is 3.66. The van der Waals surface area contributed by atoms with E-state index >= 15 is 0 Å². The maximum Gasteiger partial charge on any atom is 0.174 e. The van der Waals surface area contributed by atoms with Gasteiger partial charge >= 0.3 is 0 Å². The van der Waals surface area contributed by atoms with E-state index < -0.39 is 0 Å². The Morgan fingerprint density at radius 1 is 0.767 bits per heavy atom. The van der Waals surface area contributed by atoms with Crippen molar-refractivity contribution in [2.75, 3.05) is 0 Å². The fourth-order valence-electron chi connectivity index (χ4n) is 6.65. The molecule has 0 bridgehead atoms. The summed E-state index contributed by atoms with van der Waals surface area (Å²) in [6.07, 6.45) is 36.9. The van der Waals surface area contributed by atoms with E-state index in [2.05, 4.69) is 113 Å². The molecule has 2 aliphatic carbocycles. The molecule has 0 saturated heterocycles. The van der Waals surface area contributed by atoms with Crippen LogP contribution in [0, 0.1) is 26.3 Å². The van der Waals surface area contributed by atoms with E-state index in [1.165, 1.54) is 108 Å². The molecule has 2 heteroatoms. The molecular weight excluding hydrogens is 520 g/mol. The first-order chi connectivity index (χ1) is 21.0. The van der Waals surface area contributed by atoms with Gasteiger partial charge in [0.25, 0.3) is 0 Å². The van der Waals surface area contributed by atoms with Crippen LogP contribution in [0.25, 0.3) is 17.7 Å². The van der Waals surface area contributed by atoms with Crippen molar-refractivity contribution < 1.29 is 8.49 Å². The number of allylic oxidation sites excluding steroid dienone is 6. The van der Waals surface area contributed by atoms with Gasteiger partial charge in [-0.05, 0) is 35.6 Å². The lowest BCUT2D eigenvalue weighted by molar-refractivity contribution is -0.498. The lowest BCUT2D eigenvalue weighted by Gasteiger charge is -2.38. The topological polar surface area (TPSA) is 11.8 Å². The van der Waals surface area contributed by atoms with Crippen molar-refractivity contribution in [3.8, 4) is 0 Å². The van der Waals surface area contributed by atoms with Gasteiger partial charge < -0.3 is 0 Å². The molecule has 0 atom stereocenters. The Morgan fingerprint density at radius 3 is 2.02 bits per heavy atom. The molecule has 43 heavy (non-hydrogen) atoms. The van der Waals surface area contributed by atoms with Crippen molar-refractivity contribution in [1.82, 2.24) is 0 Å². The SMILES string of the molecule is C=[n+]1ccc(=C/C=C2\C=C3C(=C[CH-]2)c2ccc([CH-]C=c4cc[n+](=C)cc4)cc2C3(CCCCCC)CCCCCC)cc1. The first kappa shape index (κ1) is 30.4. The number of rotatable bonds is 13. The molecule has 3 aromatic rings. The van der Waals surface area contributed by atoms with Crippen molar-refractivity contribution in [2.45, 2.75) is 83.5 Å². The van der Waals surface area contributed by atoms with E-state index in [1.54, 1.807) is 0 Å². The number of nitrogens with zero attached hydrogens (tertiary/aromatic N) is 2. The van der Waals surface area contributed by atoms with Crippen molar-refractivity contribution in [3.63, 3.8) is 0 Å². The van der Waals surface area contributed by atoms with Gasteiger partial charge in [0.05, 0.1) is 0 Å². The molecule has 2 nitrogen and oxygen atoms in total. The highest BCUT2D eigenvalue weighted by Gasteiger charge is 2.40. The average Bonchev–Trinajstić information content (AvgIpc) is 3.29. The maximum atomic E-state index is 3.95. The van der Waals surface area contributed by atoms with Crippen molar-refractivity contribution >= 4 is 17.7 Å². The Hall–Kier alpha value is -4.04. The molecule has 222 valence electrons. The van der Waals surface area contributed by atoms with Crippen molar-refractivity contribution in [1.29, 1.82) is 0 Å². The molecule has 0 saturated carbocycles. The summed E-state index contributed by atoms with van der Waals surface area (Å²) in [5, 5.41) is 2.38. The fourth-order valence-corrected chi connectivity index (χ4v) is 6.65. The zero-order valence-corrected chi connectivity index (χ0v) is 26.3. The van der Waals surface area contributed by atoms with Gasteiger partial charge in [-0.3, -0.25) is 0 Å². The zero-order chi connectivity index (χ0) is 30.1. The van der Waals surface area contributed by atoms with Crippen LogP contribution < -0.4 is 18.9 Å². The second-order valence-electron chi connectivity index (χ2n) is 12.3. The smallest absolute Gasteiger partial charge is 0.174 e. The standard InChI is InChI=1S/C41H48N2/c1-5-7-9-11-25-41(26-12-10-8-6-2)39-31-35(15-13-33-21-27-42(3)28-22-33)17-19-37(39)38-20-18-36(32-40(38)41)16-14-34-23-29-43(4)30-24-34/h13-24,27-32H,3-12,25-26H2,1-2H3/b35-15-. The Morgan fingerprint density at radius 2 is 1.40 bits per heavy atom. The van der Waals surface area contributed by atoms with Gasteiger partial charge in [0.1, 0.15) is 13.4 Å². The summed E-state index contributed by atoms with van der Waals surface area (Å²) >= 11 is 0. The van der Waals surface area contributed by atoms with Crippen LogP contribution in [0.4, 0.5) is 0 Å². The summed E-state index contributed by atoms with van der Waals surface area (Å²) in [5.74, 6) is 0. The predicted octanol–water partition coefficient (Wildman–Crippen LogP) is 7.70. The highest BCUT2D eigenvalue weighted by molar-refractivity contribution is 5.93. The first-order valence-corrected chi connectivity index (χ1v) is 16.3. The van der Waals surface area contributed by atoms with Gasteiger partial charge in [-0.2, -0.15) is 8.49 Å². The van der Waals surface area contributed by atoms with Crippen molar-refractivity contribution in [2.24, 2.45) is 0 Å². The van der Waals surface area contributed by atoms with E-state index in [0.717, 1.165) is 0 Å². The number of hydrogen-bond donors (Lipinski definition) is 0. The lowest BCUT2D eigenvalue weighted by atomic mass is 9.69. The summed E-state index contributed by atoms with van der Waals surface area (Å²) in [7, 11) is 0. The van der Waals surface area contributed by atoms with E-state index in [9.17, 15) is 0 Å². The summed E-state index contributed by atoms with van der Waals surface area (Å²) in [4.78, 5) is 0. The van der Waals surface area contributed by atoms with Crippen LogP contribution in [0.1, 0.15) is 94.7 Å². The van der Waals surface area contributed by atoms with Crippen LogP contribution in [0.15, 0.2) is 96.6 Å². The largest absolute Gasteiger partial charge is 0.182 e. The quantitative estimate of drug-likeness (QED) is 0.114. The van der Waals surface area contributed by atoms with E-state index in [1.807, 2.05) is 33.3 Å². The molecule has 2 aliphatic rings. The number of fused-ring (bicyclic) bond motifs is 3. The summed E-state index contributed by atoms with van der Waals surface area (Å²) in [6.45, 7) is 12.5. The molecule has 0 radical (unpaired) electrons. The summed E-state index contributed by atoms with van der Waals surface area (Å²) in [5.41, 5.74) is 8.52. The molecule has 2 heterocycles. The Kier molecular flexibility index (Phi) is 10.2. The summed E-state index contributed by atoms with van der Waals surface area (Å²) in [6, 6.07) is 15.6. The molecule has 0 spiro atoms. The van der Waals surface area contributed by atoms with Crippen LogP contribution >= 0.6 is 0 Å². The number of aromatic nitrogens is 2. The average molecular weight is 569 g/mol. The van der Waals surface area contributed by atoms with Crippen LogP contribution in [0.3, 0.4) is 0 Å². The molecule has 5 rings (SSSR count). The molecule has 0 fully saturated rings. The first-order valence-electron chi connectivity index (χ1n) is 16.3. The van der Waals surface area contributed by atoms with Crippen LogP contribution in [0.2, 0.25) is 0 Å². The number of unbranched alkanes of at least 4 members (excludes halogenated alkanes) is 6. The Balaban J connectivity index is 1.56. The van der Waals surface area contributed by atoms with Gasteiger partial charge in [0, 0.05) is 12.1 Å². The van der Waals surface area contributed by atoms with Crippen LogP contribution in [-0.2, 0) is 5.41 Å². The van der Waals surface area contributed by atoms with Crippen LogP contribution in [-0.4, -0.2) is 0 Å². The molecule has 0 unspecified atom stereocenters. The second kappa shape index (κ2) is 14.4. The Labute approximate surface area is 259 Å². The molecule has 0 N–H and O–H groups in total. The van der Waals surface area contributed by atoms with Gasteiger partial charge in [0.2, 0.25) is 0 Å². The molecular formula is C41H48N2. The van der Waals surface area contributed by atoms with E-state index in [0.29, 0.717) is 0 Å². The third-order valence-electron chi connectivity index (χ3n) is 9.09. The number of benzene rings is 1. The Bertz CT molecular complexity index is 1680. The minimum Gasteiger partial charge on any atom is -0.182 e. The normalized spacial score (nSPS) is 15.6. The highest BCUT2D eigenvalue weighted by Crippen LogP contribution is 2.57. The van der Waals surface area contributed by atoms with Gasteiger partial charge in [-0.15, -0.1) is 72.1 Å². The zero-order valence-electron chi connectivity index (χ0n) is 26.3. The van der Waals surface area contributed by atoms with Gasteiger partial charge in [-0.1, -0.05) is 93.2 Å². The van der Waals surface area contributed by atoms with Gasteiger partial charge in [-0.25, -0.2) is 0 Å². The van der Waals surface area contributed by atoms with Gasteiger partial charge in [0.15, 0.2) is 24.8 Å². The highest BCUT2D eigenvalue weighted by atomic mass is 14.7. The fraction of sp³-hybridized carbons (Fsp3) is 0.317. The van der Waals surface area contributed by atoms with Crippen LogP contribution in [0.5, 0.6) is 0 Å². The molecule has 0 amide bonds. The second-order valence-corrected chi connectivity index (χ2v) is 12.3. The third kappa shape index (κ3) is 7.31. The molecule has 1 aromatic carbocycles. The minimum atomic E-state index is 0.0538. The number of pyridine rings is 2. The van der Waals surface area contributed by atoms with E-state index in [-0.39, 0.29) is 5.41 Å². The lowest BCUT2D eigenvalue weighted by Crippen LogP contribution is -2.26. The van der Waals surface area contributed by atoms with Crippen molar-refractivity contribution in [3.05, 3.63) is 150 Å². The third-order valence-corrected chi connectivity index (χ3v) is 9.09.